The van der Waals surface area contributed by atoms with Gasteiger partial charge in [0.25, 0.3) is 0 Å². The number of tetrazole rings is 1. The van der Waals surface area contributed by atoms with Crippen LogP contribution in [0, 0.1) is 46.3 Å². The van der Waals surface area contributed by atoms with E-state index < -0.39 is 0 Å². The molecule has 0 unspecified atom stereocenters. The van der Waals surface area contributed by atoms with E-state index in [1.54, 1.807) is 6.92 Å². The molecule has 1 heterocycles. The molecule has 7 nitrogen and oxygen atoms in total. The van der Waals surface area contributed by atoms with Gasteiger partial charge in [0, 0.05) is 19.3 Å². The zero-order valence-corrected chi connectivity index (χ0v) is 20.1. The minimum absolute atomic E-state index is 0.00300. The number of carbonyl (C=O) groups is 1. The van der Waals surface area contributed by atoms with Crippen LogP contribution < -0.4 is 0 Å². The average molecular weight is 445 g/mol. The number of aliphatic hydroxyl groups is 1. The van der Waals surface area contributed by atoms with Gasteiger partial charge in [-0.05, 0) is 91.8 Å². The molecule has 4 fully saturated rings. The van der Waals surface area contributed by atoms with Crippen molar-refractivity contribution in [1.82, 2.24) is 20.6 Å². The Balaban J connectivity index is 1.43. The fourth-order valence-corrected chi connectivity index (χ4v) is 9.19. The number of nitrogens with zero attached hydrogens (tertiary/aromatic N) is 3. The predicted molar refractivity (Wildman–Crippen MR) is 119 cm³/mol. The van der Waals surface area contributed by atoms with Crippen molar-refractivity contribution in [2.45, 2.75) is 97.7 Å². The van der Waals surface area contributed by atoms with Crippen LogP contribution in [-0.4, -0.2) is 43.9 Å². The third kappa shape index (κ3) is 3.50. The third-order valence-electron chi connectivity index (χ3n) is 10.6. The van der Waals surface area contributed by atoms with Crippen molar-refractivity contribution in [2.75, 3.05) is 0 Å². The quantitative estimate of drug-likeness (QED) is 0.682. The summed E-state index contributed by atoms with van der Waals surface area (Å²) in [5, 5.41) is 25.1. The second kappa shape index (κ2) is 8.07. The zero-order valence-electron chi connectivity index (χ0n) is 20.1. The van der Waals surface area contributed by atoms with E-state index in [0.29, 0.717) is 35.5 Å². The number of hydrogen-bond acceptors (Lipinski definition) is 6. The number of aromatic amines is 1. The molecular weight excluding hydrogens is 404 g/mol. The van der Waals surface area contributed by atoms with Crippen molar-refractivity contribution < 1.29 is 14.6 Å². The molecule has 4 aliphatic rings. The summed E-state index contributed by atoms with van der Waals surface area (Å²) in [6.07, 6.45) is 9.39. The Morgan fingerprint density at radius 2 is 1.91 bits per heavy atom. The fourth-order valence-electron chi connectivity index (χ4n) is 9.19. The van der Waals surface area contributed by atoms with E-state index in [2.05, 4.69) is 41.4 Å². The number of carbonyl (C=O) groups excluding carboxylic acids is 1. The minimum Gasteiger partial charge on any atom is -0.462 e. The van der Waals surface area contributed by atoms with Gasteiger partial charge in [-0.1, -0.05) is 26.0 Å². The molecule has 5 rings (SSSR count). The first-order valence-corrected chi connectivity index (χ1v) is 12.8. The van der Waals surface area contributed by atoms with Gasteiger partial charge in [0.15, 0.2) is 5.82 Å². The number of H-pyrrole nitrogens is 1. The maximum atomic E-state index is 12.1. The van der Waals surface area contributed by atoms with Crippen molar-refractivity contribution in [3.63, 3.8) is 0 Å². The standard InChI is InChI=1S/C25H40N4O3/c1-14(11-22-26-28-29-27-22)18-5-6-19-23-20(8-10-25(18,19)4)24(3)9-7-17(31)12-16(24)13-21(23)32-15(2)30/h14,16-21,23,31H,5-13H2,1-4H3,(H,26,27,28,29)/t14-,16+,17-,18-,19+,20+,21+,23+,24+,25-/m1/s1. The lowest BCUT2D eigenvalue weighted by atomic mass is 9.43. The van der Waals surface area contributed by atoms with E-state index in [4.69, 9.17) is 4.74 Å². The molecule has 32 heavy (non-hydrogen) atoms. The Morgan fingerprint density at radius 3 is 2.62 bits per heavy atom. The number of aliphatic hydroxyl groups excluding tert-OH is 1. The monoisotopic (exact) mass is 444 g/mol. The van der Waals surface area contributed by atoms with Crippen LogP contribution in [0.5, 0.6) is 0 Å². The lowest BCUT2D eigenvalue weighted by molar-refractivity contribution is -0.194. The lowest BCUT2D eigenvalue weighted by Gasteiger charge is -2.62. The van der Waals surface area contributed by atoms with Crippen LogP contribution in [0.3, 0.4) is 0 Å². The predicted octanol–water partition coefficient (Wildman–Crippen LogP) is 3.94. The van der Waals surface area contributed by atoms with Gasteiger partial charge in [-0.25, -0.2) is 0 Å². The van der Waals surface area contributed by atoms with E-state index in [-0.39, 0.29) is 29.0 Å². The molecule has 1 aromatic heterocycles. The molecule has 1 aromatic rings. The summed E-state index contributed by atoms with van der Waals surface area (Å²) in [6.45, 7) is 8.91. The van der Waals surface area contributed by atoms with Gasteiger partial charge in [-0.3, -0.25) is 4.79 Å². The zero-order chi connectivity index (χ0) is 22.7. The molecular formula is C25H40N4O3. The molecule has 4 saturated carbocycles. The number of nitrogens with one attached hydrogen (secondary N) is 1. The van der Waals surface area contributed by atoms with Gasteiger partial charge in [-0.15, -0.1) is 10.2 Å². The molecule has 0 radical (unpaired) electrons. The van der Waals surface area contributed by atoms with Crippen molar-refractivity contribution in [3.8, 4) is 0 Å². The highest BCUT2D eigenvalue weighted by atomic mass is 16.5. The summed E-state index contributed by atoms with van der Waals surface area (Å²) in [6, 6.07) is 0. The van der Waals surface area contributed by atoms with E-state index >= 15 is 0 Å². The molecule has 0 aliphatic heterocycles. The van der Waals surface area contributed by atoms with Gasteiger partial charge >= 0.3 is 5.97 Å². The van der Waals surface area contributed by atoms with Gasteiger partial charge in [-0.2, -0.15) is 5.21 Å². The lowest BCUT2D eigenvalue weighted by Crippen LogP contribution is -2.59. The Kier molecular flexibility index (Phi) is 5.62. The van der Waals surface area contributed by atoms with E-state index in [1.165, 1.54) is 25.7 Å². The molecule has 2 N–H and O–H groups in total. The Labute approximate surface area is 191 Å². The number of hydrogen-bond donors (Lipinski definition) is 2. The Bertz CT molecular complexity index is 831. The summed E-state index contributed by atoms with van der Waals surface area (Å²) in [5.41, 5.74) is 0.524. The van der Waals surface area contributed by atoms with Gasteiger partial charge < -0.3 is 9.84 Å². The summed E-state index contributed by atoms with van der Waals surface area (Å²) < 4.78 is 6.07. The van der Waals surface area contributed by atoms with Gasteiger partial charge in [0.05, 0.1) is 6.10 Å². The second-order valence-electron chi connectivity index (χ2n) is 12.0. The summed E-state index contributed by atoms with van der Waals surface area (Å²) in [4.78, 5) is 12.1. The number of aromatic nitrogens is 4. The van der Waals surface area contributed by atoms with Crippen LogP contribution in [0.15, 0.2) is 0 Å². The molecule has 178 valence electrons. The van der Waals surface area contributed by atoms with Gasteiger partial charge in [0.2, 0.25) is 0 Å². The van der Waals surface area contributed by atoms with Crippen molar-refractivity contribution in [2.24, 2.45) is 46.3 Å². The van der Waals surface area contributed by atoms with Crippen molar-refractivity contribution in [3.05, 3.63) is 5.82 Å². The minimum atomic E-state index is -0.196. The molecule has 10 atom stereocenters. The number of esters is 1. The van der Waals surface area contributed by atoms with Crippen molar-refractivity contribution in [1.29, 1.82) is 0 Å². The first kappa shape index (κ1) is 22.3. The van der Waals surface area contributed by atoms with Crippen LogP contribution in [0.25, 0.3) is 0 Å². The van der Waals surface area contributed by atoms with Crippen LogP contribution in [0.4, 0.5) is 0 Å². The SMILES string of the molecule is CC(=O)O[C@H]1C[C@@H]2C[C@H](O)CC[C@]2(C)[C@H]2CC[C@]3(C)[C@@H]([C@H](C)Cc4nn[nH]n4)CC[C@H]3[C@H]12. The molecule has 0 spiro atoms. The second-order valence-corrected chi connectivity index (χ2v) is 12.0. The van der Waals surface area contributed by atoms with Crippen LogP contribution in [-0.2, 0) is 16.0 Å². The molecule has 0 aromatic carbocycles. The molecule has 0 bridgehead atoms. The number of fused-ring (bicyclic) bond motifs is 5. The highest BCUT2D eigenvalue weighted by Crippen LogP contribution is 2.68. The maximum Gasteiger partial charge on any atom is 0.302 e. The van der Waals surface area contributed by atoms with E-state index in [9.17, 15) is 9.90 Å². The molecule has 4 aliphatic carbocycles. The number of rotatable bonds is 4. The first-order chi connectivity index (χ1) is 15.2. The largest absolute Gasteiger partial charge is 0.462 e. The van der Waals surface area contributed by atoms with Crippen LogP contribution in [0.1, 0.15) is 84.9 Å². The molecule has 0 amide bonds. The topological polar surface area (TPSA) is 101 Å². The highest BCUT2D eigenvalue weighted by Gasteiger charge is 2.63. The smallest absolute Gasteiger partial charge is 0.302 e. The Morgan fingerprint density at radius 1 is 1.16 bits per heavy atom. The molecule has 0 saturated heterocycles. The van der Waals surface area contributed by atoms with Crippen molar-refractivity contribution >= 4 is 5.97 Å². The van der Waals surface area contributed by atoms with Crippen LogP contribution in [0.2, 0.25) is 0 Å². The maximum absolute atomic E-state index is 12.1. The summed E-state index contributed by atoms with van der Waals surface area (Å²) in [5.74, 6) is 3.86. The molecule has 7 heteroatoms. The van der Waals surface area contributed by atoms with Gasteiger partial charge in [0.1, 0.15) is 6.10 Å². The average Bonchev–Trinajstić information content (AvgIpc) is 3.35. The summed E-state index contributed by atoms with van der Waals surface area (Å²) >= 11 is 0. The highest BCUT2D eigenvalue weighted by molar-refractivity contribution is 5.66. The van der Waals surface area contributed by atoms with E-state index in [0.717, 1.165) is 37.9 Å². The number of ether oxygens (including phenoxy) is 1. The third-order valence-corrected chi connectivity index (χ3v) is 10.6. The van der Waals surface area contributed by atoms with E-state index in [1.807, 2.05) is 0 Å². The first-order valence-electron chi connectivity index (χ1n) is 12.8. The Hall–Kier alpha value is -1.50. The summed E-state index contributed by atoms with van der Waals surface area (Å²) in [7, 11) is 0. The normalized spacial score (nSPS) is 46.6. The fraction of sp³-hybridized carbons (Fsp3) is 0.920. The van der Waals surface area contributed by atoms with Crippen LogP contribution >= 0.6 is 0 Å².